The van der Waals surface area contributed by atoms with Gasteiger partial charge < -0.3 is 20.7 Å². The second kappa shape index (κ2) is 7.49. The molecule has 0 spiro atoms. The Morgan fingerprint density at radius 3 is 2.19 bits per heavy atom. The number of nitrogens with zero attached hydrogens (tertiary/aromatic N) is 4. The van der Waals surface area contributed by atoms with Gasteiger partial charge in [0.2, 0.25) is 0 Å². The summed E-state index contributed by atoms with van der Waals surface area (Å²) in [5, 5.41) is 12.0. The number of carbonyl (C=O) groups excluding carboxylic acids is 1. The molecule has 1 unspecified atom stereocenters. The van der Waals surface area contributed by atoms with Gasteiger partial charge in [-0.15, -0.1) is 0 Å². The van der Waals surface area contributed by atoms with E-state index in [1.165, 1.54) is 6.42 Å². The molecule has 2 fully saturated rings. The van der Waals surface area contributed by atoms with Gasteiger partial charge in [-0.25, -0.2) is 4.79 Å². The van der Waals surface area contributed by atoms with Crippen LogP contribution in [0.4, 0.5) is 4.79 Å². The monoisotopic (exact) mass is 297 g/mol. The first-order chi connectivity index (χ1) is 10.2. The molecular formula is C14H27N5O2. The Bertz CT molecular complexity index is 374. The number of likely N-dealkylation sites (tertiary alicyclic amines) is 1. The highest BCUT2D eigenvalue weighted by Gasteiger charge is 2.29. The summed E-state index contributed by atoms with van der Waals surface area (Å²) in [6, 6.07) is 0.133. The van der Waals surface area contributed by atoms with E-state index in [4.69, 9.17) is 10.9 Å². The van der Waals surface area contributed by atoms with Crippen LogP contribution in [0.25, 0.3) is 0 Å². The quantitative estimate of drug-likeness (QED) is 0.348. The first-order valence-corrected chi connectivity index (χ1v) is 7.92. The van der Waals surface area contributed by atoms with Gasteiger partial charge in [0.1, 0.15) is 0 Å². The summed E-state index contributed by atoms with van der Waals surface area (Å²) in [6.07, 6.45) is 4.27. The first kappa shape index (κ1) is 15.9. The van der Waals surface area contributed by atoms with Gasteiger partial charge in [-0.05, 0) is 25.7 Å². The number of urea groups is 1. The lowest BCUT2D eigenvalue weighted by molar-refractivity contribution is 0.0982. The van der Waals surface area contributed by atoms with Crippen molar-refractivity contribution in [2.75, 3.05) is 39.3 Å². The third kappa shape index (κ3) is 3.78. The summed E-state index contributed by atoms with van der Waals surface area (Å²) >= 11 is 0. The predicted molar refractivity (Wildman–Crippen MR) is 81.5 cm³/mol. The molecule has 2 saturated heterocycles. The highest BCUT2D eigenvalue weighted by atomic mass is 16.4. The minimum absolute atomic E-state index is 0.0396. The van der Waals surface area contributed by atoms with Gasteiger partial charge in [0.15, 0.2) is 5.84 Å². The van der Waals surface area contributed by atoms with Crippen LogP contribution in [-0.4, -0.2) is 77.1 Å². The minimum Gasteiger partial charge on any atom is -0.409 e. The van der Waals surface area contributed by atoms with E-state index in [1.807, 2.05) is 16.7 Å². The topological polar surface area (TPSA) is 85.4 Å². The van der Waals surface area contributed by atoms with Gasteiger partial charge in [-0.2, -0.15) is 0 Å². The van der Waals surface area contributed by atoms with E-state index in [1.54, 1.807) is 0 Å². The van der Waals surface area contributed by atoms with Crippen LogP contribution in [0, 0.1) is 0 Å². The zero-order valence-corrected chi connectivity index (χ0v) is 12.9. The molecule has 0 saturated carbocycles. The zero-order valence-electron chi connectivity index (χ0n) is 12.9. The number of oxime groups is 1. The molecule has 0 radical (unpaired) electrons. The molecule has 0 aliphatic carbocycles. The van der Waals surface area contributed by atoms with Gasteiger partial charge in [0.25, 0.3) is 0 Å². The molecule has 2 heterocycles. The fourth-order valence-electron chi connectivity index (χ4n) is 3.23. The summed E-state index contributed by atoms with van der Waals surface area (Å²) < 4.78 is 0. The SMILES string of the molecule is CCC(C(N)=NO)N1CCN(C(=O)N2CCCCC2)CC1. The summed E-state index contributed by atoms with van der Waals surface area (Å²) in [4.78, 5) is 18.5. The van der Waals surface area contributed by atoms with Crippen molar-refractivity contribution in [3.63, 3.8) is 0 Å². The van der Waals surface area contributed by atoms with E-state index in [2.05, 4.69) is 10.1 Å². The molecule has 0 aromatic carbocycles. The van der Waals surface area contributed by atoms with Crippen LogP contribution in [0.3, 0.4) is 0 Å². The molecule has 21 heavy (non-hydrogen) atoms. The number of rotatable bonds is 3. The molecule has 3 N–H and O–H groups in total. The summed E-state index contributed by atoms with van der Waals surface area (Å²) in [6.45, 7) is 6.77. The maximum atomic E-state index is 12.4. The molecule has 120 valence electrons. The van der Waals surface area contributed by atoms with Crippen LogP contribution in [0.15, 0.2) is 5.16 Å². The van der Waals surface area contributed by atoms with Crippen molar-refractivity contribution in [2.24, 2.45) is 10.9 Å². The number of piperidine rings is 1. The number of hydrogen-bond acceptors (Lipinski definition) is 4. The van der Waals surface area contributed by atoms with Crippen LogP contribution >= 0.6 is 0 Å². The number of amidine groups is 1. The molecule has 2 aliphatic rings. The van der Waals surface area contributed by atoms with Crippen LogP contribution in [0.1, 0.15) is 32.6 Å². The van der Waals surface area contributed by atoms with Crippen molar-refractivity contribution in [2.45, 2.75) is 38.6 Å². The van der Waals surface area contributed by atoms with Crippen molar-refractivity contribution in [3.05, 3.63) is 0 Å². The van der Waals surface area contributed by atoms with Gasteiger partial charge in [0.05, 0.1) is 6.04 Å². The number of amides is 2. The Morgan fingerprint density at radius 1 is 1.10 bits per heavy atom. The van der Waals surface area contributed by atoms with Crippen LogP contribution < -0.4 is 5.73 Å². The zero-order chi connectivity index (χ0) is 15.2. The van der Waals surface area contributed by atoms with Gasteiger partial charge in [-0.1, -0.05) is 12.1 Å². The Labute approximate surface area is 126 Å². The predicted octanol–water partition coefficient (Wildman–Crippen LogP) is 0.735. The largest absolute Gasteiger partial charge is 0.409 e. The summed E-state index contributed by atoms with van der Waals surface area (Å²) in [5.74, 6) is 0.258. The molecule has 0 bridgehead atoms. The van der Waals surface area contributed by atoms with Crippen LogP contribution in [0.5, 0.6) is 0 Å². The fraction of sp³-hybridized carbons (Fsp3) is 0.857. The lowest BCUT2D eigenvalue weighted by atomic mass is 10.1. The molecule has 2 aliphatic heterocycles. The molecule has 2 amide bonds. The van der Waals surface area contributed by atoms with Crippen molar-refractivity contribution < 1.29 is 10.0 Å². The third-order valence-electron chi connectivity index (χ3n) is 4.50. The van der Waals surface area contributed by atoms with E-state index in [9.17, 15) is 4.79 Å². The van der Waals surface area contributed by atoms with Crippen LogP contribution in [0.2, 0.25) is 0 Å². The second-order valence-electron chi connectivity index (χ2n) is 5.80. The van der Waals surface area contributed by atoms with Gasteiger partial charge in [-0.3, -0.25) is 4.90 Å². The smallest absolute Gasteiger partial charge is 0.320 e. The number of piperazine rings is 1. The molecule has 7 nitrogen and oxygen atoms in total. The molecule has 0 aromatic heterocycles. The fourth-order valence-corrected chi connectivity index (χ4v) is 3.23. The lowest BCUT2D eigenvalue weighted by Crippen LogP contribution is -2.57. The van der Waals surface area contributed by atoms with Crippen LogP contribution in [-0.2, 0) is 0 Å². The summed E-state index contributed by atoms with van der Waals surface area (Å²) in [5.41, 5.74) is 5.74. The molecule has 2 rings (SSSR count). The lowest BCUT2D eigenvalue weighted by Gasteiger charge is -2.40. The number of nitrogens with two attached hydrogens (primary N) is 1. The second-order valence-corrected chi connectivity index (χ2v) is 5.80. The molecule has 0 aromatic rings. The Kier molecular flexibility index (Phi) is 5.67. The Morgan fingerprint density at radius 2 is 1.67 bits per heavy atom. The van der Waals surface area contributed by atoms with Crippen molar-refractivity contribution in [1.82, 2.24) is 14.7 Å². The number of carbonyl (C=O) groups is 1. The normalized spacial score (nSPS) is 23.2. The molecular weight excluding hydrogens is 270 g/mol. The van der Waals surface area contributed by atoms with E-state index < -0.39 is 0 Å². The van der Waals surface area contributed by atoms with Crippen molar-refractivity contribution >= 4 is 11.9 Å². The third-order valence-corrected chi connectivity index (χ3v) is 4.50. The van der Waals surface area contributed by atoms with E-state index in [0.29, 0.717) is 13.1 Å². The maximum absolute atomic E-state index is 12.4. The molecule has 1 atom stereocenters. The maximum Gasteiger partial charge on any atom is 0.320 e. The van der Waals surface area contributed by atoms with E-state index in [-0.39, 0.29) is 17.9 Å². The molecule has 7 heteroatoms. The first-order valence-electron chi connectivity index (χ1n) is 7.92. The van der Waals surface area contributed by atoms with Gasteiger partial charge in [0, 0.05) is 39.3 Å². The highest BCUT2D eigenvalue weighted by molar-refractivity contribution is 5.85. The minimum atomic E-state index is -0.0396. The average Bonchev–Trinajstić information content (AvgIpc) is 2.56. The Balaban J connectivity index is 1.86. The number of hydrogen-bond donors (Lipinski definition) is 2. The van der Waals surface area contributed by atoms with Gasteiger partial charge >= 0.3 is 6.03 Å². The standard InChI is InChI=1S/C14H27N5O2/c1-2-12(13(15)16-21)17-8-10-19(11-9-17)14(20)18-6-4-3-5-7-18/h12,21H,2-11H2,1H3,(H2,15,16). The van der Waals surface area contributed by atoms with E-state index >= 15 is 0 Å². The van der Waals surface area contributed by atoms with Crippen molar-refractivity contribution in [1.29, 1.82) is 0 Å². The van der Waals surface area contributed by atoms with Crippen molar-refractivity contribution in [3.8, 4) is 0 Å². The Hall–Kier alpha value is -1.50. The highest BCUT2D eigenvalue weighted by Crippen LogP contribution is 2.14. The van der Waals surface area contributed by atoms with E-state index in [0.717, 1.165) is 45.4 Å². The average molecular weight is 297 g/mol. The summed E-state index contributed by atoms with van der Waals surface area (Å²) in [7, 11) is 0.